The van der Waals surface area contributed by atoms with Crippen molar-refractivity contribution in [2.75, 3.05) is 19.8 Å². The molecule has 2 aromatic heterocycles. The molecule has 8 nitrogen and oxygen atoms in total. The number of benzene rings is 2. The molecule has 1 aliphatic heterocycles. The van der Waals surface area contributed by atoms with Crippen molar-refractivity contribution >= 4 is 16.8 Å². The molecule has 230 valence electrons. The third-order valence-corrected chi connectivity index (χ3v) is 7.83. The van der Waals surface area contributed by atoms with E-state index in [1.165, 1.54) is 31.2 Å². The molecule has 3 heterocycles. The summed E-state index contributed by atoms with van der Waals surface area (Å²) in [6.45, 7) is 0.702. The van der Waals surface area contributed by atoms with E-state index in [2.05, 4.69) is 20.5 Å². The number of carbonyl (C=O) groups excluding carboxylic acids is 1. The summed E-state index contributed by atoms with van der Waals surface area (Å²) in [5.74, 6) is -1.20. The van der Waals surface area contributed by atoms with E-state index >= 15 is 0 Å². The molecule has 2 aromatic carbocycles. The topological polar surface area (TPSA) is 106 Å². The Kier molecular flexibility index (Phi) is 7.18. The van der Waals surface area contributed by atoms with Gasteiger partial charge in [-0.3, -0.25) is 4.79 Å². The van der Waals surface area contributed by atoms with Crippen LogP contribution in [0.1, 0.15) is 47.1 Å². The summed E-state index contributed by atoms with van der Waals surface area (Å²) in [5.41, 5.74) is -4.84. The molecule has 2 atom stereocenters. The molecule has 1 amide bonds. The number of nitrogens with one attached hydrogen (secondary N) is 1. The van der Waals surface area contributed by atoms with E-state index in [-0.39, 0.29) is 46.6 Å². The molecule has 2 aliphatic rings. The van der Waals surface area contributed by atoms with Gasteiger partial charge in [-0.1, -0.05) is 0 Å². The van der Waals surface area contributed by atoms with E-state index in [0.29, 0.717) is 16.6 Å². The van der Waals surface area contributed by atoms with E-state index < -0.39 is 47.8 Å². The standard InChI is InChI=1S/C31H27F5N4O4/c1-16-9-18-10-19(11-23(25(18)40-39-16)44-21-7-8-21)28(41)37-14-30(42,31(34,35)36)24-12-22-27(43-15-29(22,2)13-32)26(38-24)17-3-5-20(33)6-4-17/h3-6,9-12,21,42H,7-8,13-15H2,1-2H3,(H,37,41)/t29-,30+/m1/s1. The lowest BCUT2D eigenvalue weighted by atomic mass is 9.83. The van der Waals surface area contributed by atoms with Crippen molar-refractivity contribution in [1.82, 2.24) is 20.5 Å². The molecule has 0 saturated heterocycles. The zero-order chi connectivity index (χ0) is 31.4. The van der Waals surface area contributed by atoms with Crippen molar-refractivity contribution in [3.8, 4) is 22.8 Å². The number of alkyl halides is 4. The minimum atomic E-state index is -5.33. The smallest absolute Gasteiger partial charge is 0.424 e. The lowest BCUT2D eigenvalue weighted by Crippen LogP contribution is -2.51. The Labute approximate surface area is 248 Å². The Bertz CT molecular complexity index is 1760. The number of hydrogen-bond donors (Lipinski definition) is 2. The maximum Gasteiger partial charge on any atom is 0.424 e. The summed E-state index contributed by atoms with van der Waals surface area (Å²) >= 11 is 0. The van der Waals surface area contributed by atoms with Crippen LogP contribution < -0.4 is 14.8 Å². The zero-order valence-corrected chi connectivity index (χ0v) is 23.6. The van der Waals surface area contributed by atoms with Gasteiger partial charge in [0.2, 0.25) is 5.60 Å². The minimum absolute atomic E-state index is 0.0163. The molecule has 13 heteroatoms. The fourth-order valence-corrected chi connectivity index (χ4v) is 5.02. The molecule has 1 fully saturated rings. The van der Waals surface area contributed by atoms with E-state index in [9.17, 15) is 31.9 Å². The van der Waals surface area contributed by atoms with Crippen molar-refractivity contribution < 1.29 is 41.3 Å². The predicted octanol–water partition coefficient (Wildman–Crippen LogP) is 5.48. The molecule has 6 rings (SSSR count). The van der Waals surface area contributed by atoms with Crippen LogP contribution in [-0.2, 0) is 11.0 Å². The van der Waals surface area contributed by atoms with Crippen molar-refractivity contribution in [1.29, 1.82) is 0 Å². The van der Waals surface area contributed by atoms with Crippen LogP contribution in [-0.4, -0.2) is 58.3 Å². The van der Waals surface area contributed by atoms with Gasteiger partial charge in [0, 0.05) is 22.1 Å². The second-order valence-corrected chi connectivity index (χ2v) is 11.5. The molecule has 44 heavy (non-hydrogen) atoms. The van der Waals surface area contributed by atoms with Crippen molar-refractivity contribution in [2.45, 2.75) is 50.0 Å². The first kappa shape index (κ1) is 29.7. The van der Waals surface area contributed by atoms with Crippen LogP contribution >= 0.6 is 0 Å². The Hall–Kier alpha value is -4.39. The summed E-state index contributed by atoms with van der Waals surface area (Å²) in [5, 5.41) is 22.1. The number of carbonyl (C=O) groups is 1. The molecule has 2 N–H and O–H groups in total. The van der Waals surface area contributed by atoms with Crippen LogP contribution in [0.5, 0.6) is 11.5 Å². The van der Waals surface area contributed by atoms with Gasteiger partial charge in [0.25, 0.3) is 5.91 Å². The third kappa shape index (κ3) is 5.29. The van der Waals surface area contributed by atoms with E-state index in [1.807, 2.05) is 0 Å². The molecule has 1 saturated carbocycles. The first-order valence-corrected chi connectivity index (χ1v) is 13.8. The number of pyridine rings is 1. The number of aromatic nitrogens is 3. The van der Waals surface area contributed by atoms with Crippen molar-refractivity contribution in [3.05, 3.63) is 76.9 Å². The average Bonchev–Trinajstić information content (AvgIpc) is 3.75. The lowest BCUT2D eigenvalue weighted by molar-refractivity contribution is -0.265. The predicted molar refractivity (Wildman–Crippen MR) is 149 cm³/mol. The number of ether oxygens (including phenoxy) is 2. The molecular formula is C31H27F5N4O4. The molecule has 1 aliphatic carbocycles. The number of amides is 1. The van der Waals surface area contributed by atoms with E-state index in [0.717, 1.165) is 31.0 Å². The highest BCUT2D eigenvalue weighted by Gasteiger charge is 2.57. The largest absolute Gasteiger partial charge is 0.490 e. The van der Waals surface area contributed by atoms with Crippen LogP contribution in [0.3, 0.4) is 0 Å². The highest BCUT2D eigenvalue weighted by Crippen LogP contribution is 2.48. The van der Waals surface area contributed by atoms with Crippen LogP contribution in [0.25, 0.3) is 22.2 Å². The second-order valence-electron chi connectivity index (χ2n) is 11.5. The maximum absolute atomic E-state index is 14.7. The van der Waals surface area contributed by atoms with Crippen LogP contribution in [0, 0.1) is 12.7 Å². The van der Waals surface area contributed by atoms with E-state index in [4.69, 9.17) is 9.47 Å². The number of fused-ring (bicyclic) bond motifs is 2. The molecule has 0 spiro atoms. The minimum Gasteiger partial charge on any atom is -0.490 e. The highest BCUT2D eigenvalue weighted by molar-refractivity contribution is 6.00. The summed E-state index contributed by atoms with van der Waals surface area (Å²) in [7, 11) is 0. The molecule has 0 bridgehead atoms. The van der Waals surface area contributed by atoms with Crippen LogP contribution in [0.4, 0.5) is 22.0 Å². The van der Waals surface area contributed by atoms with E-state index in [1.54, 1.807) is 13.0 Å². The fourth-order valence-electron chi connectivity index (χ4n) is 5.02. The van der Waals surface area contributed by atoms with Crippen LogP contribution in [0.15, 0.2) is 48.5 Å². The molecule has 0 radical (unpaired) electrons. The Balaban J connectivity index is 1.39. The summed E-state index contributed by atoms with van der Waals surface area (Å²) in [6.07, 6.45) is -3.76. The quantitative estimate of drug-likeness (QED) is 0.253. The average molecular weight is 615 g/mol. The number of aryl methyl sites for hydroxylation is 1. The van der Waals surface area contributed by atoms with Gasteiger partial charge in [-0.15, -0.1) is 5.10 Å². The van der Waals surface area contributed by atoms with Gasteiger partial charge in [0.05, 0.1) is 29.5 Å². The van der Waals surface area contributed by atoms with Gasteiger partial charge in [-0.05, 0) is 75.2 Å². The summed E-state index contributed by atoms with van der Waals surface area (Å²) < 4.78 is 83.5. The number of rotatable bonds is 8. The Morgan fingerprint density at radius 2 is 1.86 bits per heavy atom. The highest BCUT2D eigenvalue weighted by atomic mass is 19.4. The van der Waals surface area contributed by atoms with Crippen molar-refractivity contribution in [3.63, 3.8) is 0 Å². The number of halogens is 5. The molecule has 4 aromatic rings. The molecular weight excluding hydrogens is 587 g/mol. The first-order chi connectivity index (χ1) is 20.8. The normalized spacial score (nSPS) is 19.3. The lowest BCUT2D eigenvalue weighted by Gasteiger charge is -2.31. The van der Waals surface area contributed by atoms with Crippen molar-refractivity contribution in [2.24, 2.45) is 0 Å². The zero-order valence-electron chi connectivity index (χ0n) is 23.6. The van der Waals surface area contributed by atoms with Gasteiger partial charge >= 0.3 is 6.18 Å². The van der Waals surface area contributed by atoms with Gasteiger partial charge in [0.1, 0.15) is 41.8 Å². The number of nitrogens with zero attached hydrogens (tertiary/aromatic N) is 3. The third-order valence-electron chi connectivity index (χ3n) is 7.83. The Morgan fingerprint density at radius 1 is 1.14 bits per heavy atom. The first-order valence-electron chi connectivity index (χ1n) is 13.8. The monoisotopic (exact) mass is 614 g/mol. The molecule has 0 unspecified atom stereocenters. The van der Waals surface area contributed by atoms with Gasteiger partial charge in [-0.2, -0.15) is 18.3 Å². The summed E-state index contributed by atoms with van der Waals surface area (Å²) in [6, 6.07) is 10.2. The summed E-state index contributed by atoms with van der Waals surface area (Å²) in [4.78, 5) is 17.4. The Morgan fingerprint density at radius 3 is 2.52 bits per heavy atom. The second kappa shape index (κ2) is 10.7. The SMILES string of the molecule is Cc1cc2cc(C(=O)NC[C@](O)(c3cc4c(c(-c5ccc(F)cc5)n3)OC[C@@]4(C)CF)C(F)(F)F)cc(OC3CC3)c2nn1. The van der Waals surface area contributed by atoms with Crippen LogP contribution in [0.2, 0.25) is 0 Å². The number of aliphatic hydroxyl groups is 1. The number of hydrogen-bond acceptors (Lipinski definition) is 7. The fraction of sp³-hybridized carbons (Fsp3) is 0.355. The maximum atomic E-state index is 14.7. The van der Waals surface area contributed by atoms with Gasteiger partial charge < -0.3 is 19.9 Å². The van der Waals surface area contributed by atoms with Gasteiger partial charge in [0.15, 0.2) is 0 Å². The van der Waals surface area contributed by atoms with Gasteiger partial charge in [-0.25, -0.2) is 13.8 Å².